The van der Waals surface area contributed by atoms with Gasteiger partial charge in [-0.05, 0) is 31.1 Å². The standard InChI is InChI=1S/C17H17NO.2C2H6/c1-13-8-10-16(11-9-13)17(18-19)12-14(2)15-6-4-3-5-7-15;2*1-2/h3-12,19H,1-2H3;2*1-2H3/b14-12-,18-17-;;. The van der Waals surface area contributed by atoms with Crippen molar-refractivity contribution >= 4 is 11.3 Å². The summed E-state index contributed by atoms with van der Waals surface area (Å²) < 4.78 is 0. The van der Waals surface area contributed by atoms with Gasteiger partial charge in [0.25, 0.3) is 0 Å². The first-order valence-corrected chi connectivity index (χ1v) is 8.23. The number of allylic oxidation sites excluding steroid dienone is 2. The molecule has 0 bridgehead atoms. The molecular weight excluding hydrogens is 282 g/mol. The summed E-state index contributed by atoms with van der Waals surface area (Å²) in [6.45, 7) is 12.0. The molecule has 0 radical (unpaired) electrons. The molecule has 0 spiro atoms. The molecule has 2 rings (SSSR count). The number of hydrogen-bond donors (Lipinski definition) is 1. The molecule has 0 saturated carbocycles. The van der Waals surface area contributed by atoms with Gasteiger partial charge in [0.1, 0.15) is 5.71 Å². The third-order valence-electron chi connectivity index (χ3n) is 3.04. The van der Waals surface area contributed by atoms with Gasteiger partial charge in [0.05, 0.1) is 0 Å². The number of oxime groups is 1. The highest BCUT2D eigenvalue weighted by atomic mass is 16.4. The first-order valence-electron chi connectivity index (χ1n) is 8.23. The topological polar surface area (TPSA) is 32.6 Å². The minimum Gasteiger partial charge on any atom is -0.410 e. The first kappa shape index (κ1) is 20.7. The zero-order valence-corrected chi connectivity index (χ0v) is 15.2. The normalized spacial score (nSPS) is 10.9. The number of aryl methyl sites for hydroxylation is 1. The molecule has 0 aliphatic heterocycles. The van der Waals surface area contributed by atoms with E-state index >= 15 is 0 Å². The van der Waals surface area contributed by atoms with Crippen LogP contribution in [0.1, 0.15) is 51.3 Å². The average Bonchev–Trinajstić information content (AvgIpc) is 2.64. The van der Waals surface area contributed by atoms with Gasteiger partial charge in [-0.25, -0.2) is 0 Å². The summed E-state index contributed by atoms with van der Waals surface area (Å²) in [7, 11) is 0. The number of rotatable bonds is 3. The quantitative estimate of drug-likeness (QED) is 0.401. The summed E-state index contributed by atoms with van der Waals surface area (Å²) in [6, 6.07) is 18.0. The van der Waals surface area contributed by atoms with E-state index in [9.17, 15) is 5.21 Å². The van der Waals surface area contributed by atoms with Crippen LogP contribution in [0.3, 0.4) is 0 Å². The molecule has 0 unspecified atom stereocenters. The Morgan fingerprint density at radius 1 is 0.826 bits per heavy atom. The molecule has 0 aliphatic rings. The monoisotopic (exact) mass is 311 g/mol. The lowest BCUT2D eigenvalue weighted by Gasteiger charge is -2.04. The maximum absolute atomic E-state index is 9.19. The third-order valence-corrected chi connectivity index (χ3v) is 3.04. The maximum Gasteiger partial charge on any atom is 0.110 e. The largest absolute Gasteiger partial charge is 0.410 e. The maximum atomic E-state index is 9.19. The van der Waals surface area contributed by atoms with Gasteiger partial charge in [-0.1, -0.05) is 93.0 Å². The smallest absolute Gasteiger partial charge is 0.110 e. The van der Waals surface area contributed by atoms with Gasteiger partial charge in [0, 0.05) is 5.56 Å². The molecule has 0 amide bonds. The van der Waals surface area contributed by atoms with Crippen molar-refractivity contribution in [2.24, 2.45) is 5.16 Å². The lowest BCUT2D eigenvalue weighted by Crippen LogP contribution is -1.98. The Morgan fingerprint density at radius 2 is 1.35 bits per heavy atom. The van der Waals surface area contributed by atoms with Crippen LogP contribution in [-0.2, 0) is 0 Å². The van der Waals surface area contributed by atoms with E-state index in [0.717, 1.165) is 16.7 Å². The predicted molar refractivity (Wildman–Crippen MR) is 102 cm³/mol. The zero-order valence-electron chi connectivity index (χ0n) is 15.2. The van der Waals surface area contributed by atoms with Crippen LogP contribution in [-0.4, -0.2) is 10.9 Å². The van der Waals surface area contributed by atoms with Crippen molar-refractivity contribution in [1.82, 2.24) is 0 Å². The van der Waals surface area contributed by atoms with Crippen molar-refractivity contribution in [3.8, 4) is 0 Å². The van der Waals surface area contributed by atoms with Gasteiger partial charge >= 0.3 is 0 Å². The van der Waals surface area contributed by atoms with Crippen molar-refractivity contribution in [3.05, 3.63) is 77.4 Å². The number of nitrogens with zero attached hydrogens (tertiary/aromatic N) is 1. The van der Waals surface area contributed by atoms with E-state index in [0.29, 0.717) is 5.71 Å². The van der Waals surface area contributed by atoms with Gasteiger partial charge in [0.2, 0.25) is 0 Å². The minimum absolute atomic E-state index is 0.571. The van der Waals surface area contributed by atoms with Crippen molar-refractivity contribution in [2.45, 2.75) is 41.5 Å². The van der Waals surface area contributed by atoms with Crippen molar-refractivity contribution in [3.63, 3.8) is 0 Å². The fraction of sp³-hybridized carbons (Fsp3) is 0.286. The highest BCUT2D eigenvalue weighted by Crippen LogP contribution is 2.15. The Balaban J connectivity index is 0.00000112. The van der Waals surface area contributed by atoms with Crippen LogP contribution in [0.15, 0.2) is 65.8 Å². The molecule has 0 aliphatic carbocycles. The second kappa shape index (κ2) is 12.2. The third kappa shape index (κ3) is 6.96. The van der Waals surface area contributed by atoms with Crippen molar-refractivity contribution < 1.29 is 5.21 Å². The fourth-order valence-corrected chi connectivity index (χ4v) is 1.88. The van der Waals surface area contributed by atoms with E-state index in [4.69, 9.17) is 0 Å². The molecule has 124 valence electrons. The highest BCUT2D eigenvalue weighted by molar-refractivity contribution is 6.11. The number of benzene rings is 2. The van der Waals surface area contributed by atoms with Gasteiger partial charge in [0.15, 0.2) is 0 Å². The minimum atomic E-state index is 0.571. The van der Waals surface area contributed by atoms with E-state index in [1.807, 2.05) is 102 Å². The van der Waals surface area contributed by atoms with Crippen LogP contribution < -0.4 is 0 Å². The summed E-state index contributed by atoms with van der Waals surface area (Å²) in [5.41, 5.74) is 4.85. The zero-order chi connectivity index (χ0) is 17.7. The van der Waals surface area contributed by atoms with Crippen LogP contribution in [0.5, 0.6) is 0 Å². The Hall–Kier alpha value is -2.35. The van der Waals surface area contributed by atoms with Gasteiger partial charge in [-0.15, -0.1) is 0 Å². The molecule has 23 heavy (non-hydrogen) atoms. The van der Waals surface area contributed by atoms with E-state index < -0.39 is 0 Å². The van der Waals surface area contributed by atoms with Crippen LogP contribution in [0.25, 0.3) is 5.57 Å². The Labute approximate surface area is 141 Å². The lowest BCUT2D eigenvalue weighted by molar-refractivity contribution is 0.320. The SMILES string of the molecule is C/C(=C/C(=N/O)c1ccc(C)cc1)c1ccccc1.CC.CC. The Morgan fingerprint density at radius 3 is 1.83 bits per heavy atom. The lowest BCUT2D eigenvalue weighted by atomic mass is 10.0. The van der Waals surface area contributed by atoms with Crippen molar-refractivity contribution in [1.29, 1.82) is 0 Å². The van der Waals surface area contributed by atoms with E-state index in [-0.39, 0.29) is 0 Å². The van der Waals surface area contributed by atoms with E-state index in [1.54, 1.807) is 0 Å². The molecule has 2 heteroatoms. The average molecular weight is 311 g/mol. The second-order valence-electron chi connectivity index (χ2n) is 4.54. The summed E-state index contributed by atoms with van der Waals surface area (Å²) in [4.78, 5) is 0. The summed E-state index contributed by atoms with van der Waals surface area (Å²) in [5, 5.41) is 12.6. The van der Waals surface area contributed by atoms with E-state index in [2.05, 4.69) is 5.16 Å². The molecule has 0 saturated heterocycles. The van der Waals surface area contributed by atoms with Crippen LogP contribution in [0.4, 0.5) is 0 Å². The highest BCUT2D eigenvalue weighted by Gasteiger charge is 2.03. The molecule has 2 aromatic rings. The predicted octanol–water partition coefficient (Wildman–Crippen LogP) is 6.33. The molecular formula is C21H29NO. The van der Waals surface area contributed by atoms with Gasteiger partial charge in [-0.2, -0.15) is 0 Å². The summed E-state index contributed by atoms with van der Waals surface area (Å²) in [6.07, 6.45) is 1.89. The Kier molecular flexibility index (Phi) is 11.0. The van der Waals surface area contributed by atoms with Crippen LogP contribution >= 0.6 is 0 Å². The molecule has 0 fully saturated rings. The molecule has 0 atom stereocenters. The summed E-state index contributed by atoms with van der Waals surface area (Å²) >= 11 is 0. The second-order valence-corrected chi connectivity index (χ2v) is 4.54. The Bertz CT molecular complexity index is 595. The van der Waals surface area contributed by atoms with Gasteiger partial charge < -0.3 is 5.21 Å². The van der Waals surface area contributed by atoms with Crippen molar-refractivity contribution in [2.75, 3.05) is 0 Å². The summed E-state index contributed by atoms with van der Waals surface area (Å²) in [5.74, 6) is 0. The molecule has 2 aromatic carbocycles. The molecule has 1 N–H and O–H groups in total. The first-order chi connectivity index (χ1) is 11.2. The number of hydrogen-bond acceptors (Lipinski definition) is 2. The van der Waals surface area contributed by atoms with E-state index in [1.165, 1.54) is 5.56 Å². The van der Waals surface area contributed by atoms with Gasteiger partial charge in [-0.3, -0.25) is 0 Å². The van der Waals surface area contributed by atoms with Crippen LogP contribution in [0, 0.1) is 6.92 Å². The molecule has 2 nitrogen and oxygen atoms in total. The van der Waals surface area contributed by atoms with Crippen LogP contribution in [0.2, 0.25) is 0 Å². The fourth-order valence-electron chi connectivity index (χ4n) is 1.88. The molecule has 0 aromatic heterocycles. The molecule has 0 heterocycles.